The van der Waals surface area contributed by atoms with Gasteiger partial charge < -0.3 is 4.98 Å². The number of nitrogens with one attached hydrogen (secondary N) is 3. The van der Waals surface area contributed by atoms with E-state index in [1.807, 2.05) is 39.0 Å². The highest BCUT2D eigenvalue weighted by molar-refractivity contribution is 7.89. The van der Waals surface area contributed by atoms with E-state index in [2.05, 4.69) is 26.0 Å². The van der Waals surface area contributed by atoms with Crippen LogP contribution in [-0.2, 0) is 15.4 Å². The Labute approximate surface area is 148 Å². The van der Waals surface area contributed by atoms with Crippen LogP contribution in [0.5, 0.6) is 0 Å². The van der Waals surface area contributed by atoms with Crippen LogP contribution in [0.4, 0.5) is 0 Å². The summed E-state index contributed by atoms with van der Waals surface area (Å²) in [7, 11) is -3.62. The molecule has 1 aromatic carbocycles. The molecule has 2 heterocycles. The van der Waals surface area contributed by atoms with Crippen molar-refractivity contribution in [3.8, 4) is 0 Å². The second kappa shape index (κ2) is 6.00. The predicted molar refractivity (Wildman–Crippen MR) is 99.3 cm³/mol. The first-order chi connectivity index (χ1) is 11.6. The number of rotatable bonds is 5. The lowest BCUT2D eigenvalue weighted by Gasteiger charge is -2.26. The number of nitrogens with zero attached hydrogens (tertiary/aromatic N) is 1. The third-order valence-corrected chi connectivity index (χ3v) is 6.27. The van der Waals surface area contributed by atoms with Gasteiger partial charge in [0.2, 0.25) is 10.0 Å². The zero-order chi connectivity index (χ0) is 18.4. The molecule has 0 atom stereocenters. The van der Waals surface area contributed by atoms with Gasteiger partial charge in [0.05, 0.1) is 11.4 Å². The van der Waals surface area contributed by atoms with Crippen LogP contribution in [0, 0.1) is 20.8 Å². The summed E-state index contributed by atoms with van der Waals surface area (Å²) in [6.07, 6.45) is 0. The summed E-state index contributed by atoms with van der Waals surface area (Å²) in [6, 6.07) is 8.08. The van der Waals surface area contributed by atoms with Gasteiger partial charge in [0, 0.05) is 28.6 Å². The van der Waals surface area contributed by atoms with E-state index in [-0.39, 0.29) is 10.3 Å². The summed E-state index contributed by atoms with van der Waals surface area (Å²) < 4.78 is 28.2. The fourth-order valence-electron chi connectivity index (χ4n) is 3.52. The fourth-order valence-corrected chi connectivity index (χ4v) is 5.10. The number of aromatic nitrogens is 3. The Morgan fingerprint density at radius 1 is 1.12 bits per heavy atom. The van der Waals surface area contributed by atoms with Crippen molar-refractivity contribution >= 4 is 20.9 Å². The minimum Gasteiger partial charge on any atom is -0.358 e. The maximum absolute atomic E-state index is 12.7. The minimum absolute atomic E-state index is 0.235. The van der Waals surface area contributed by atoms with Gasteiger partial charge >= 0.3 is 0 Å². The van der Waals surface area contributed by atoms with Crippen molar-refractivity contribution < 1.29 is 8.42 Å². The van der Waals surface area contributed by atoms with Gasteiger partial charge in [-0.05, 0) is 32.4 Å². The lowest BCUT2D eigenvalue weighted by Crippen LogP contribution is -2.37. The number of hydrogen-bond acceptors (Lipinski definition) is 3. The number of aryl methyl sites for hydroxylation is 3. The number of aromatic amines is 2. The van der Waals surface area contributed by atoms with E-state index in [1.165, 1.54) is 0 Å². The molecule has 0 amide bonds. The Balaban J connectivity index is 1.93. The number of para-hydroxylation sites is 1. The molecular weight excluding hydrogens is 336 g/mol. The van der Waals surface area contributed by atoms with Crippen molar-refractivity contribution in [1.29, 1.82) is 0 Å². The molecule has 0 aliphatic heterocycles. The topological polar surface area (TPSA) is 90.6 Å². The Hall–Kier alpha value is -2.12. The number of benzene rings is 1. The van der Waals surface area contributed by atoms with Crippen molar-refractivity contribution in [1.82, 2.24) is 19.9 Å². The second-order valence-corrected chi connectivity index (χ2v) is 8.85. The van der Waals surface area contributed by atoms with Crippen LogP contribution in [0.3, 0.4) is 0 Å². The van der Waals surface area contributed by atoms with Gasteiger partial charge in [0.1, 0.15) is 4.90 Å². The Morgan fingerprint density at radius 3 is 2.44 bits per heavy atom. The number of fused-ring (bicyclic) bond motifs is 1. The molecule has 2 aromatic heterocycles. The maximum atomic E-state index is 12.7. The monoisotopic (exact) mass is 360 g/mol. The van der Waals surface area contributed by atoms with E-state index < -0.39 is 10.0 Å². The number of H-pyrrole nitrogens is 2. The molecule has 0 saturated heterocycles. The first kappa shape index (κ1) is 17.7. The molecular formula is C18H24N4O2S. The Bertz CT molecular complexity index is 1010. The van der Waals surface area contributed by atoms with Crippen molar-refractivity contribution in [3.63, 3.8) is 0 Å². The van der Waals surface area contributed by atoms with Gasteiger partial charge in [-0.3, -0.25) is 5.10 Å². The van der Waals surface area contributed by atoms with Gasteiger partial charge in [0.25, 0.3) is 0 Å². The molecule has 6 nitrogen and oxygen atoms in total. The van der Waals surface area contributed by atoms with E-state index in [4.69, 9.17) is 0 Å². The molecule has 134 valence electrons. The third kappa shape index (κ3) is 3.09. The average molecular weight is 360 g/mol. The second-order valence-electron chi connectivity index (χ2n) is 7.14. The smallest absolute Gasteiger partial charge is 0.244 e. The van der Waals surface area contributed by atoms with Crippen LogP contribution in [-0.4, -0.2) is 30.1 Å². The third-order valence-electron chi connectivity index (χ3n) is 4.60. The van der Waals surface area contributed by atoms with Crippen LogP contribution in [0.25, 0.3) is 10.9 Å². The van der Waals surface area contributed by atoms with Crippen molar-refractivity contribution in [2.45, 2.75) is 44.9 Å². The molecule has 0 aliphatic carbocycles. The molecule has 0 bridgehead atoms. The van der Waals surface area contributed by atoms with Crippen molar-refractivity contribution in [3.05, 3.63) is 46.9 Å². The van der Waals surface area contributed by atoms with E-state index in [0.29, 0.717) is 17.9 Å². The molecule has 0 fully saturated rings. The van der Waals surface area contributed by atoms with Crippen molar-refractivity contribution in [2.75, 3.05) is 6.54 Å². The molecule has 3 aromatic rings. The molecule has 0 radical (unpaired) electrons. The van der Waals surface area contributed by atoms with Gasteiger partial charge in [-0.25, -0.2) is 13.1 Å². The van der Waals surface area contributed by atoms with Crippen LogP contribution >= 0.6 is 0 Å². The number of sulfonamides is 1. The van der Waals surface area contributed by atoms with Crippen LogP contribution < -0.4 is 4.72 Å². The Kier molecular flexibility index (Phi) is 4.25. The lowest BCUT2D eigenvalue weighted by molar-refractivity contribution is 0.502. The first-order valence-electron chi connectivity index (χ1n) is 8.22. The summed E-state index contributed by atoms with van der Waals surface area (Å²) in [5.41, 5.74) is 3.90. The molecule has 0 unspecified atom stereocenters. The zero-order valence-electron chi connectivity index (χ0n) is 15.2. The minimum atomic E-state index is -3.62. The first-order valence-corrected chi connectivity index (χ1v) is 9.71. The average Bonchev–Trinajstić information content (AvgIpc) is 3.04. The molecule has 3 N–H and O–H groups in total. The quantitative estimate of drug-likeness (QED) is 0.653. The molecule has 0 spiro atoms. The van der Waals surface area contributed by atoms with Crippen LogP contribution in [0.2, 0.25) is 0 Å². The number of hydrogen-bond donors (Lipinski definition) is 3. The molecule has 0 saturated carbocycles. The van der Waals surface area contributed by atoms with Crippen LogP contribution in [0.1, 0.15) is 36.5 Å². The highest BCUT2D eigenvalue weighted by atomic mass is 32.2. The summed E-state index contributed by atoms with van der Waals surface area (Å²) in [6.45, 7) is 9.81. The SMILES string of the molecule is Cc1n[nH]c(C)c1S(=O)(=O)NCC(C)(C)c1c(C)[nH]c2ccccc12. The molecule has 3 rings (SSSR count). The van der Waals surface area contributed by atoms with E-state index in [1.54, 1.807) is 13.8 Å². The zero-order valence-corrected chi connectivity index (χ0v) is 16.0. The highest BCUT2D eigenvalue weighted by Gasteiger charge is 2.30. The van der Waals surface area contributed by atoms with Crippen LogP contribution in [0.15, 0.2) is 29.2 Å². The predicted octanol–water partition coefficient (Wildman–Crippen LogP) is 3.07. The van der Waals surface area contributed by atoms with Gasteiger partial charge in [-0.2, -0.15) is 5.10 Å². The van der Waals surface area contributed by atoms with Crippen molar-refractivity contribution in [2.24, 2.45) is 0 Å². The lowest BCUT2D eigenvalue weighted by atomic mass is 9.83. The summed E-state index contributed by atoms with van der Waals surface area (Å²) in [5, 5.41) is 7.83. The fraction of sp³-hybridized carbons (Fsp3) is 0.389. The van der Waals surface area contributed by atoms with E-state index in [0.717, 1.165) is 22.2 Å². The molecule has 7 heteroatoms. The normalized spacial score (nSPS) is 12.8. The standard InChI is InChI=1S/C18H24N4O2S/c1-11-16(14-8-6-7-9-15(14)20-11)18(4,5)10-19-25(23,24)17-12(2)21-22-13(17)3/h6-9,19-20H,10H2,1-5H3,(H,21,22). The summed E-state index contributed by atoms with van der Waals surface area (Å²) in [5.74, 6) is 0. The molecule has 25 heavy (non-hydrogen) atoms. The largest absolute Gasteiger partial charge is 0.358 e. The maximum Gasteiger partial charge on any atom is 0.244 e. The summed E-state index contributed by atoms with van der Waals surface area (Å²) in [4.78, 5) is 3.62. The highest BCUT2D eigenvalue weighted by Crippen LogP contribution is 2.33. The van der Waals surface area contributed by atoms with Gasteiger partial charge in [0.15, 0.2) is 0 Å². The summed E-state index contributed by atoms with van der Waals surface area (Å²) >= 11 is 0. The van der Waals surface area contributed by atoms with Gasteiger partial charge in [-0.1, -0.05) is 32.0 Å². The van der Waals surface area contributed by atoms with E-state index in [9.17, 15) is 8.42 Å². The van der Waals surface area contributed by atoms with Gasteiger partial charge in [-0.15, -0.1) is 0 Å². The molecule has 0 aliphatic rings. The Morgan fingerprint density at radius 2 is 1.80 bits per heavy atom. The van der Waals surface area contributed by atoms with E-state index >= 15 is 0 Å².